The van der Waals surface area contributed by atoms with Gasteiger partial charge in [-0.25, -0.2) is 29.9 Å². The Hall–Kier alpha value is -10.1. The molecule has 0 spiro atoms. The number of pyridine rings is 4. The van der Waals surface area contributed by atoms with Crippen molar-refractivity contribution < 1.29 is 0 Å². The molecule has 14 rings (SSSR count). The van der Waals surface area contributed by atoms with Crippen LogP contribution >= 0.6 is 0 Å². The second-order valence-corrected chi connectivity index (χ2v) is 17.7. The van der Waals surface area contributed by atoms with E-state index in [0.29, 0.717) is 34.9 Å². The number of benzene rings is 8. The molecular weight excluding hydrogens is 885 g/mol. The van der Waals surface area contributed by atoms with Gasteiger partial charge in [-0.15, -0.1) is 0 Å². The monoisotopic (exact) mass is 920 g/mol. The van der Waals surface area contributed by atoms with Crippen molar-refractivity contribution in [3.8, 4) is 79.5 Å². The number of hydrogen-bond donors (Lipinski definition) is 0. The summed E-state index contributed by atoms with van der Waals surface area (Å²) in [6, 6.07) is 65.9. The summed E-state index contributed by atoms with van der Waals surface area (Å²) in [4.78, 5) is 51.1. The zero-order valence-corrected chi connectivity index (χ0v) is 38.3. The molecule has 10 heteroatoms. The minimum absolute atomic E-state index is 0.292. The molecule has 0 saturated carbocycles. The Morgan fingerprint density at radius 2 is 0.611 bits per heavy atom. The lowest BCUT2D eigenvalue weighted by atomic mass is 9.90. The van der Waals surface area contributed by atoms with Gasteiger partial charge >= 0.3 is 0 Å². The van der Waals surface area contributed by atoms with E-state index in [1.165, 1.54) is 0 Å². The van der Waals surface area contributed by atoms with Gasteiger partial charge in [0.2, 0.25) is 11.6 Å². The lowest BCUT2D eigenvalue weighted by Gasteiger charge is -2.16. The van der Waals surface area contributed by atoms with Gasteiger partial charge in [-0.1, -0.05) is 127 Å². The molecule has 0 unspecified atom stereocenters. The summed E-state index contributed by atoms with van der Waals surface area (Å²) >= 11 is 0. The summed E-state index contributed by atoms with van der Waals surface area (Å²) in [6.45, 7) is 0. The second kappa shape index (κ2) is 16.9. The van der Waals surface area contributed by atoms with Crippen molar-refractivity contribution in [1.82, 2.24) is 49.8 Å². The highest BCUT2D eigenvalue weighted by molar-refractivity contribution is 6.13. The number of aromatic nitrogens is 10. The van der Waals surface area contributed by atoms with Gasteiger partial charge in [0.25, 0.3) is 0 Å². The second-order valence-electron chi connectivity index (χ2n) is 17.7. The van der Waals surface area contributed by atoms with E-state index in [1.807, 2.05) is 104 Å². The van der Waals surface area contributed by atoms with Crippen molar-refractivity contribution in [2.24, 2.45) is 0 Å². The van der Waals surface area contributed by atoms with E-state index in [0.717, 1.165) is 110 Å². The summed E-state index contributed by atoms with van der Waals surface area (Å²) in [5.41, 5.74) is 10.3. The van der Waals surface area contributed by atoms with E-state index in [9.17, 15) is 0 Å². The van der Waals surface area contributed by atoms with Crippen molar-refractivity contribution in [1.29, 1.82) is 0 Å². The molecule has 0 atom stereocenters. The minimum Gasteiger partial charge on any atom is -0.256 e. The van der Waals surface area contributed by atoms with Gasteiger partial charge < -0.3 is 0 Å². The van der Waals surface area contributed by atoms with E-state index in [1.54, 1.807) is 0 Å². The first-order valence-electron chi connectivity index (χ1n) is 23.6. The molecule has 0 fully saturated rings. The molecule has 72 heavy (non-hydrogen) atoms. The quantitative estimate of drug-likeness (QED) is 0.142. The molecule has 0 bridgehead atoms. The molecule has 0 N–H and O–H groups in total. The number of fused-ring (bicyclic) bond motifs is 6. The lowest BCUT2D eigenvalue weighted by Crippen LogP contribution is -2.06. The lowest BCUT2D eigenvalue weighted by molar-refractivity contribution is 1.00. The maximum absolute atomic E-state index is 5.36. The zero-order chi connectivity index (χ0) is 47.5. The van der Waals surface area contributed by atoms with Crippen LogP contribution in [0.2, 0.25) is 0 Å². The van der Waals surface area contributed by atoms with Gasteiger partial charge in [0.15, 0.2) is 23.3 Å². The van der Waals surface area contributed by atoms with Crippen LogP contribution in [0.5, 0.6) is 0 Å². The number of nitrogens with zero attached hydrogens (tertiary/aromatic N) is 10. The van der Waals surface area contributed by atoms with Crippen molar-refractivity contribution in [2.75, 3.05) is 0 Å². The van der Waals surface area contributed by atoms with Crippen LogP contribution in [0.3, 0.4) is 0 Å². The Morgan fingerprint density at radius 1 is 0.222 bits per heavy atom. The summed E-state index contributed by atoms with van der Waals surface area (Å²) in [6.07, 6.45) is 7.33. The van der Waals surface area contributed by atoms with E-state index >= 15 is 0 Å². The largest absolute Gasteiger partial charge is 0.256 e. The SMILES string of the molecule is c1ccc(-c2nc(-c3cc(-c4c5cccnc5cc5cccnc45)cc(-c4c5cccnc5cc5cccnc45)c3)nc(-c3nc(-c4ccc5ccccc5c4)nc(-c4ccc5ccccc5c4)n3)n2)cc1. The molecule has 6 heterocycles. The van der Waals surface area contributed by atoms with Crippen LogP contribution in [0.25, 0.3) is 145 Å². The number of rotatable bonds is 7. The van der Waals surface area contributed by atoms with Crippen LogP contribution in [-0.2, 0) is 0 Å². The summed E-state index contributed by atoms with van der Waals surface area (Å²) in [5.74, 6) is 2.47. The van der Waals surface area contributed by atoms with Crippen LogP contribution in [0, 0.1) is 0 Å². The predicted molar refractivity (Wildman–Crippen MR) is 287 cm³/mol. The Morgan fingerprint density at radius 3 is 1.12 bits per heavy atom. The summed E-state index contributed by atoms with van der Waals surface area (Å²) in [7, 11) is 0. The molecule has 0 aliphatic rings. The molecule has 10 nitrogen and oxygen atoms in total. The van der Waals surface area contributed by atoms with E-state index in [4.69, 9.17) is 49.8 Å². The smallest absolute Gasteiger partial charge is 0.202 e. The Bertz CT molecular complexity index is 4140. The predicted octanol–water partition coefficient (Wildman–Crippen LogP) is 14.2. The van der Waals surface area contributed by atoms with Crippen molar-refractivity contribution >= 4 is 65.2 Å². The van der Waals surface area contributed by atoms with Gasteiger partial charge in [0.05, 0.1) is 22.1 Å². The molecule has 334 valence electrons. The van der Waals surface area contributed by atoms with E-state index in [-0.39, 0.29) is 0 Å². The average molecular weight is 921 g/mol. The highest BCUT2D eigenvalue weighted by Crippen LogP contribution is 2.42. The molecule has 0 saturated heterocycles. The van der Waals surface area contributed by atoms with E-state index < -0.39 is 0 Å². The molecule has 0 aliphatic carbocycles. The third kappa shape index (κ3) is 7.21. The number of hydrogen-bond acceptors (Lipinski definition) is 10. The molecule has 14 aromatic rings. The van der Waals surface area contributed by atoms with Crippen molar-refractivity contribution in [2.45, 2.75) is 0 Å². The topological polar surface area (TPSA) is 129 Å². The Kier molecular flexibility index (Phi) is 9.59. The Balaban J connectivity index is 1.06. The first-order chi connectivity index (χ1) is 35.6. The van der Waals surface area contributed by atoms with Crippen molar-refractivity contribution in [3.05, 3.63) is 219 Å². The molecule has 0 amide bonds. The fourth-order valence-corrected chi connectivity index (χ4v) is 9.87. The fraction of sp³-hybridized carbons (Fsp3) is 0. The highest BCUT2D eigenvalue weighted by atomic mass is 15.1. The Labute approximate surface area is 411 Å². The molecule has 6 aromatic heterocycles. The maximum atomic E-state index is 5.36. The van der Waals surface area contributed by atoms with Crippen LogP contribution in [0.4, 0.5) is 0 Å². The summed E-state index contributed by atoms with van der Waals surface area (Å²) < 4.78 is 0. The van der Waals surface area contributed by atoms with Gasteiger partial charge in [-0.05, 0) is 99.4 Å². The zero-order valence-electron chi connectivity index (χ0n) is 38.3. The van der Waals surface area contributed by atoms with Gasteiger partial charge in [0, 0.05) is 79.7 Å². The normalized spacial score (nSPS) is 11.6. The van der Waals surface area contributed by atoms with Crippen LogP contribution in [-0.4, -0.2) is 49.8 Å². The molecular formula is C62H36N10. The summed E-state index contributed by atoms with van der Waals surface area (Å²) in [5, 5.41) is 8.25. The van der Waals surface area contributed by atoms with Gasteiger partial charge in [-0.3, -0.25) is 19.9 Å². The molecule has 0 aliphatic heterocycles. The minimum atomic E-state index is 0.292. The third-order valence-corrected chi connectivity index (χ3v) is 13.2. The standard InChI is InChI=1S/C62H36N10/c1-2-14-39(15-3-1)57-67-60(72-61(69-57)62-70-58(44-24-22-37-12-4-6-16-40(37)30-44)68-59(71-62)45-25-23-38-13-5-7-17-41(38)31-45)48-33-46(53-49-20-10-26-63-51(49)35-42-18-8-28-65-55(42)53)32-47(34-48)54-50-21-11-27-64-52(50)36-43-19-9-29-66-56(43)54/h1-36H. The average Bonchev–Trinajstić information content (AvgIpc) is 3.45. The van der Waals surface area contributed by atoms with Crippen LogP contribution < -0.4 is 0 Å². The van der Waals surface area contributed by atoms with Gasteiger partial charge in [-0.2, -0.15) is 0 Å². The highest BCUT2D eigenvalue weighted by Gasteiger charge is 2.22. The van der Waals surface area contributed by atoms with Crippen LogP contribution in [0.1, 0.15) is 0 Å². The maximum Gasteiger partial charge on any atom is 0.202 e. The van der Waals surface area contributed by atoms with Gasteiger partial charge in [0.1, 0.15) is 0 Å². The molecule has 8 aromatic carbocycles. The first-order valence-corrected chi connectivity index (χ1v) is 23.6. The van der Waals surface area contributed by atoms with Crippen LogP contribution in [0.15, 0.2) is 219 Å². The van der Waals surface area contributed by atoms with Crippen molar-refractivity contribution in [3.63, 3.8) is 0 Å². The third-order valence-electron chi connectivity index (χ3n) is 13.2. The molecule has 0 radical (unpaired) electrons. The first kappa shape index (κ1) is 41.0. The van der Waals surface area contributed by atoms with E-state index in [2.05, 4.69) is 115 Å². The fourth-order valence-electron chi connectivity index (χ4n) is 9.87.